The van der Waals surface area contributed by atoms with Crippen LogP contribution in [0, 0.1) is 0 Å². The van der Waals surface area contributed by atoms with Crippen molar-refractivity contribution in [2.45, 2.75) is 56.2 Å². The molecular formula is C17H30N4O2S. The van der Waals surface area contributed by atoms with Crippen molar-refractivity contribution >= 4 is 10.0 Å². The van der Waals surface area contributed by atoms with Crippen LogP contribution < -0.4 is 0 Å². The van der Waals surface area contributed by atoms with Gasteiger partial charge in [-0.3, -0.25) is 4.68 Å². The van der Waals surface area contributed by atoms with Gasteiger partial charge in [0.25, 0.3) is 0 Å². The van der Waals surface area contributed by atoms with Crippen molar-refractivity contribution in [3.05, 3.63) is 17.5 Å². The van der Waals surface area contributed by atoms with E-state index in [0.29, 0.717) is 19.0 Å². The first-order valence-corrected chi connectivity index (χ1v) is 10.5. The molecule has 1 aliphatic heterocycles. The SMILES string of the molecule is CN(C)Cc1cc(C2CCN(S(=O)(=O)C3CCCC3)CC2)nn1C. The van der Waals surface area contributed by atoms with Gasteiger partial charge >= 0.3 is 0 Å². The Hall–Kier alpha value is -0.920. The summed E-state index contributed by atoms with van der Waals surface area (Å²) in [5.41, 5.74) is 2.32. The summed E-state index contributed by atoms with van der Waals surface area (Å²) in [5.74, 6) is 0.377. The first-order chi connectivity index (χ1) is 11.4. The molecule has 0 unspecified atom stereocenters. The third kappa shape index (κ3) is 3.68. The Morgan fingerprint density at radius 3 is 2.38 bits per heavy atom. The fourth-order valence-electron chi connectivity index (χ4n) is 4.00. The van der Waals surface area contributed by atoms with Crippen LogP contribution in [-0.2, 0) is 23.6 Å². The van der Waals surface area contributed by atoms with Gasteiger partial charge in [0.05, 0.1) is 16.6 Å². The highest BCUT2D eigenvalue weighted by molar-refractivity contribution is 7.89. The van der Waals surface area contributed by atoms with E-state index in [-0.39, 0.29) is 5.25 Å². The predicted molar refractivity (Wildman–Crippen MR) is 95.3 cm³/mol. The number of hydrogen-bond acceptors (Lipinski definition) is 4. The van der Waals surface area contributed by atoms with Gasteiger partial charge in [0.2, 0.25) is 10.0 Å². The third-order valence-corrected chi connectivity index (χ3v) is 7.83. The van der Waals surface area contributed by atoms with Crippen molar-refractivity contribution < 1.29 is 8.42 Å². The number of sulfonamides is 1. The second kappa shape index (κ2) is 7.14. The van der Waals surface area contributed by atoms with Crippen LogP contribution in [0.25, 0.3) is 0 Å². The summed E-state index contributed by atoms with van der Waals surface area (Å²) < 4.78 is 29.1. The van der Waals surface area contributed by atoms with Crippen molar-refractivity contribution in [2.24, 2.45) is 7.05 Å². The Bertz CT molecular complexity index is 654. The number of nitrogens with zero attached hydrogens (tertiary/aromatic N) is 4. The normalized spacial score (nSPS) is 21.8. The first kappa shape index (κ1) is 17.9. The molecule has 2 fully saturated rings. The van der Waals surface area contributed by atoms with Gasteiger partial charge in [-0.25, -0.2) is 12.7 Å². The molecule has 2 aliphatic rings. The van der Waals surface area contributed by atoms with E-state index in [1.807, 2.05) is 11.7 Å². The highest BCUT2D eigenvalue weighted by Gasteiger charge is 2.36. The number of rotatable bonds is 5. The molecule has 1 aromatic rings. The largest absolute Gasteiger partial charge is 0.304 e. The van der Waals surface area contributed by atoms with Crippen LogP contribution in [0.1, 0.15) is 55.8 Å². The van der Waals surface area contributed by atoms with Crippen molar-refractivity contribution in [2.75, 3.05) is 27.2 Å². The molecule has 0 radical (unpaired) electrons. The molecule has 1 saturated heterocycles. The van der Waals surface area contributed by atoms with Gasteiger partial charge in [-0.1, -0.05) is 12.8 Å². The van der Waals surface area contributed by atoms with Crippen molar-refractivity contribution in [1.82, 2.24) is 19.0 Å². The van der Waals surface area contributed by atoms with Gasteiger partial charge in [0.1, 0.15) is 0 Å². The van der Waals surface area contributed by atoms with Crippen LogP contribution in [0.2, 0.25) is 0 Å². The molecule has 0 amide bonds. The molecule has 136 valence electrons. The van der Waals surface area contributed by atoms with Crippen LogP contribution in [0.5, 0.6) is 0 Å². The fraction of sp³-hybridized carbons (Fsp3) is 0.824. The summed E-state index contributed by atoms with van der Waals surface area (Å²) in [6, 6.07) is 2.19. The molecule has 0 N–H and O–H groups in total. The van der Waals surface area contributed by atoms with Gasteiger partial charge in [-0.05, 0) is 45.8 Å². The Labute approximate surface area is 145 Å². The Balaban J connectivity index is 1.63. The van der Waals surface area contributed by atoms with E-state index in [0.717, 1.165) is 50.8 Å². The summed E-state index contributed by atoms with van der Waals surface area (Å²) in [7, 11) is 3.01. The van der Waals surface area contributed by atoms with Gasteiger partial charge in [-0.2, -0.15) is 5.10 Å². The summed E-state index contributed by atoms with van der Waals surface area (Å²) >= 11 is 0. The fourth-order valence-corrected chi connectivity index (χ4v) is 6.08. The van der Waals surface area contributed by atoms with Crippen LogP contribution in [0.3, 0.4) is 0 Å². The molecule has 1 aliphatic carbocycles. The monoisotopic (exact) mass is 354 g/mol. The topological polar surface area (TPSA) is 58.4 Å². The molecular weight excluding hydrogens is 324 g/mol. The average molecular weight is 355 g/mol. The summed E-state index contributed by atoms with van der Waals surface area (Å²) in [5, 5.41) is 4.54. The molecule has 1 aromatic heterocycles. The minimum atomic E-state index is -3.09. The highest BCUT2D eigenvalue weighted by Crippen LogP contribution is 2.33. The number of hydrogen-bond donors (Lipinski definition) is 0. The predicted octanol–water partition coefficient (Wildman–Crippen LogP) is 1.93. The Morgan fingerprint density at radius 1 is 1.17 bits per heavy atom. The molecule has 2 heterocycles. The van der Waals surface area contributed by atoms with Gasteiger partial charge in [-0.15, -0.1) is 0 Å². The van der Waals surface area contributed by atoms with Crippen LogP contribution in [0.4, 0.5) is 0 Å². The number of aromatic nitrogens is 2. The maximum absolute atomic E-state index is 12.7. The summed E-state index contributed by atoms with van der Waals surface area (Å²) in [6.07, 6.45) is 5.56. The van der Waals surface area contributed by atoms with E-state index in [1.165, 1.54) is 5.69 Å². The molecule has 0 aromatic carbocycles. The Kier molecular flexibility index (Phi) is 5.32. The van der Waals surface area contributed by atoms with E-state index in [2.05, 4.69) is 30.2 Å². The zero-order valence-electron chi connectivity index (χ0n) is 15.1. The van der Waals surface area contributed by atoms with Crippen molar-refractivity contribution in [3.63, 3.8) is 0 Å². The van der Waals surface area contributed by atoms with E-state index >= 15 is 0 Å². The standard InChI is InChI=1S/C17H30N4O2S/c1-19(2)13-15-12-17(18-20(15)3)14-8-10-21(11-9-14)24(22,23)16-6-4-5-7-16/h12,14,16H,4-11,13H2,1-3H3. The van der Waals surface area contributed by atoms with E-state index in [4.69, 9.17) is 0 Å². The lowest BCUT2D eigenvalue weighted by Crippen LogP contribution is -2.42. The van der Waals surface area contributed by atoms with Crippen molar-refractivity contribution in [3.8, 4) is 0 Å². The molecule has 1 saturated carbocycles. The molecule has 0 spiro atoms. The van der Waals surface area contributed by atoms with Crippen molar-refractivity contribution in [1.29, 1.82) is 0 Å². The van der Waals surface area contributed by atoms with E-state index in [1.54, 1.807) is 4.31 Å². The average Bonchev–Trinajstić information content (AvgIpc) is 3.18. The number of piperidine rings is 1. The summed E-state index contributed by atoms with van der Waals surface area (Å²) in [4.78, 5) is 2.14. The van der Waals surface area contributed by atoms with E-state index in [9.17, 15) is 8.42 Å². The minimum absolute atomic E-state index is 0.129. The minimum Gasteiger partial charge on any atom is -0.304 e. The smallest absolute Gasteiger partial charge is 0.216 e. The molecule has 7 heteroatoms. The van der Waals surface area contributed by atoms with Crippen LogP contribution in [-0.4, -0.2) is 59.8 Å². The molecule has 0 atom stereocenters. The quantitative estimate of drug-likeness (QED) is 0.811. The molecule has 6 nitrogen and oxygen atoms in total. The summed E-state index contributed by atoms with van der Waals surface area (Å²) in [6.45, 7) is 2.16. The zero-order chi connectivity index (χ0) is 17.3. The lowest BCUT2D eigenvalue weighted by molar-refractivity contribution is 0.312. The maximum Gasteiger partial charge on any atom is 0.216 e. The third-order valence-electron chi connectivity index (χ3n) is 5.43. The lowest BCUT2D eigenvalue weighted by Gasteiger charge is -2.32. The second-order valence-corrected chi connectivity index (χ2v) is 9.76. The first-order valence-electron chi connectivity index (χ1n) is 9.04. The molecule has 3 rings (SSSR count). The van der Waals surface area contributed by atoms with Gasteiger partial charge < -0.3 is 4.90 Å². The molecule has 24 heavy (non-hydrogen) atoms. The second-order valence-electron chi connectivity index (χ2n) is 7.55. The van der Waals surface area contributed by atoms with Crippen LogP contribution in [0.15, 0.2) is 6.07 Å². The van der Waals surface area contributed by atoms with E-state index < -0.39 is 10.0 Å². The highest BCUT2D eigenvalue weighted by atomic mass is 32.2. The van der Waals surface area contributed by atoms with Gasteiger partial charge in [0, 0.05) is 32.6 Å². The lowest BCUT2D eigenvalue weighted by atomic mass is 9.94. The Morgan fingerprint density at radius 2 is 1.79 bits per heavy atom. The number of aryl methyl sites for hydroxylation is 1. The zero-order valence-corrected chi connectivity index (χ0v) is 15.9. The van der Waals surface area contributed by atoms with Gasteiger partial charge in [0.15, 0.2) is 0 Å². The van der Waals surface area contributed by atoms with Crippen LogP contribution >= 0.6 is 0 Å². The molecule has 0 bridgehead atoms. The maximum atomic E-state index is 12.7.